The van der Waals surface area contributed by atoms with Crippen molar-refractivity contribution in [3.8, 4) is 0 Å². The molecule has 0 aliphatic carbocycles. The molecule has 30 heavy (non-hydrogen) atoms. The van der Waals surface area contributed by atoms with Crippen molar-refractivity contribution in [1.29, 1.82) is 5.41 Å². The number of alkyl halides is 2. The number of benzene rings is 1. The highest BCUT2D eigenvalue weighted by atomic mass is 19.3. The number of likely N-dealkylation sites (tertiary alicyclic amines) is 1. The lowest BCUT2D eigenvalue weighted by molar-refractivity contribution is -0.159. The first-order valence-corrected chi connectivity index (χ1v) is 9.74. The van der Waals surface area contributed by atoms with Crippen molar-refractivity contribution in [2.45, 2.75) is 37.6 Å². The molecule has 1 amide bonds. The van der Waals surface area contributed by atoms with Gasteiger partial charge in [0.15, 0.2) is 0 Å². The minimum absolute atomic E-state index is 0.0130. The first-order chi connectivity index (χ1) is 14.4. The largest absolute Gasteiger partial charge is 0.387 e. The van der Waals surface area contributed by atoms with Crippen LogP contribution in [0.1, 0.15) is 31.4 Å². The van der Waals surface area contributed by atoms with E-state index in [1.807, 2.05) is 24.3 Å². The minimum atomic E-state index is -3.51. The fourth-order valence-electron chi connectivity index (χ4n) is 3.32. The number of fused-ring (bicyclic) bond motifs is 1. The molecule has 1 saturated heterocycles. The molecule has 0 atom stereocenters. The van der Waals surface area contributed by atoms with Gasteiger partial charge in [-0.2, -0.15) is 8.78 Å². The van der Waals surface area contributed by atoms with Crippen molar-refractivity contribution >= 4 is 35.0 Å². The van der Waals surface area contributed by atoms with Crippen LogP contribution >= 0.6 is 0 Å². The lowest BCUT2D eigenvalue weighted by Gasteiger charge is -2.34. The van der Waals surface area contributed by atoms with Crippen LogP contribution in [0.25, 0.3) is 16.6 Å². The van der Waals surface area contributed by atoms with E-state index in [9.17, 15) is 18.4 Å². The topological polar surface area (TPSA) is 99.0 Å². The van der Waals surface area contributed by atoms with Gasteiger partial charge in [0.2, 0.25) is 0 Å². The first kappa shape index (κ1) is 21.5. The zero-order valence-electron chi connectivity index (χ0n) is 16.4. The monoisotopic (exact) mass is 415 g/mol. The molecule has 1 aromatic carbocycles. The number of para-hydroxylation sites is 2. The fourth-order valence-corrected chi connectivity index (χ4v) is 3.32. The van der Waals surface area contributed by atoms with Crippen LogP contribution in [0.3, 0.4) is 0 Å². The Balaban J connectivity index is 1.59. The Morgan fingerprint density at radius 1 is 1.27 bits per heavy atom. The van der Waals surface area contributed by atoms with Gasteiger partial charge in [-0.3, -0.25) is 9.78 Å². The van der Waals surface area contributed by atoms with E-state index in [-0.39, 0.29) is 25.6 Å². The van der Waals surface area contributed by atoms with Gasteiger partial charge in [-0.05, 0) is 25.0 Å². The number of nitrogens with zero attached hydrogens (tertiary/aromatic N) is 3. The minimum Gasteiger partial charge on any atom is -0.387 e. The normalized spacial score (nSPS) is 15.8. The Morgan fingerprint density at radius 3 is 2.63 bits per heavy atom. The van der Waals surface area contributed by atoms with E-state index >= 15 is 0 Å². The standard InChI is InChI=1S/C21H23F2N5O2/c22-21(23,8-3-11-29)20(30)28-9-6-16(7-10-28)25-13-15(12-24)19-14-26-17-4-1-2-5-18(17)27-19/h1-2,4-5,11-14,16,24-25H,3,6-10H2/b15-13+,24-12?. The smallest absolute Gasteiger partial charge is 0.325 e. The van der Waals surface area contributed by atoms with Crippen molar-refractivity contribution in [3.63, 3.8) is 0 Å². The number of halogens is 2. The molecule has 2 aromatic rings. The summed E-state index contributed by atoms with van der Waals surface area (Å²) in [5.41, 5.74) is 2.59. The predicted octanol–water partition coefficient (Wildman–Crippen LogP) is 2.82. The van der Waals surface area contributed by atoms with Gasteiger partial charge in [0.1, 0.15) is 6.29 Å². The number of rotatable bonds is 8. The van der Waals surface area contributed by atoms with E-state index in [4.69, 9.17) is 5.41 Å². The second-order valence-electron chi connectivity index (χ2n) is 7.13. The van der Waals surface area contributed by atoms with Gasteiger partial charge in [0.25, 0.3) is 5.91 Å². The molecule has 3 rings (SSSR count). The van der Waals surface area contributed by atoms with Crippen LogP contribution < -0.4 is 5.32 Å². The van der Waals surface area contributed by atoms with E-state index in [2.05, 4.69) is 15.3 Å². The molecule has 0 spiro atoms. The van der Waals surface area contributed by atoms with Gasteiger partial charge < -0.3 is 20.4 Å². The SMILES string of the molecule is N=C/C(=C\NC1CCN(C(=O)C(F)(F)CCC=O)CC1)c1cnc2ccccc2n1. The number of nitrogens with one attached hydrogen (secondary N) is 2. The van der Waals surface area contributed by atoms with Crippen LogP contribution in [0.15, 0.2) is 36.7 Å². The Morgan fingerprint density at radius 2 is 1.97 bits per heavy atom. The second-order valence-corrected chi connectivity index (χ2v) is 7.13. The van der Waals surface area contributed by atoms with Gasteiger partial charge in [-0.1, -0.05) is 12.1 Å². The zero-order valence-corrected chi connectivity index (χ0v) is 16.4. The summed E-state index contributed by atoms with van der Waals surface area (Å²) in [6.07, 6.45) is 4.75. The molecule has 2 heterocycles. The van der Waals surface area contributed by atoms with Gasteiger partial charge in [-0.25, -0.2) is 4.98 Å². The highest BCUT2D eigenvalue weighted by molar-refractivity contribution is 6.07. The average Bonchev–Trinajstić information content (AvgIpc) is 2.78. The highest BCUT2D eigenvalue weighted by Crippen LogP contribution is 2.25. The van der Waals surface area contributed by atoms with Crippen LogP contribution in [0.2, 0.25) is 0 Å². The lowest BCUT2D eigenvalue weighted by atomic mass is 10.0. The van der Waals surface area contributed by atoms with Crippen LogP contribution in [0.4, 0.5) is 8.78 Å². The molecule has 1 fully saturated rings. The van der Waals surface area contributed by atoms with Crippen LogP contribution in [-0.2, 0) is 9.59 Å². The van der Waals surface area contributed by atoms with Gasteiger partial charge in [0, 0.05) is 50.0 Å². The summed E-state index contributed by atoms with van der Waals surface area (Å²) >= 11 is 0. The molecule has 1 aliphatic heterocycles. The van der Waals surface area contributed by atoms with Crippen molar-refractivity contribution in [2.24, 2.45) is 0 Å². The van der Waals surface area contributed by atoms with E-state index in [0.29, 0.717) is 30.4 Å². The molecule has 9 heteroatoms. The highest BCUT2D eigenvalue weighted by Gasteiger charge is 2.42. The van der Waals surface area contributed by atoms with Crippen molar-refractivity contribution in [2.75, 3.05) is 13.1 Å². The third-order valence-corrected chi connectivity index (χ3v) is 5.05. The molecule has 7 nitrogen and oxygen atoms in total. The number of amides is 1. The van der Waals surface area contributed by atoms with Crippen molar-refractivity contribution in [3.05, 3.63) is 42.4 Å². The quantitative estimate of drug-likeness (QED) is 0.510. The fraction of sp³-hybridized carbons (Fsp3) is 0.381. The number of hydrogen-bond acceptors (Lipinski definition) is 6. The summed E-state index contributed by atoms with van der Waals surface area (Å²) in [7, 11) is 0. The van der Waals surface area contributed by atoms with Crippen LogP contribution in [0.5, 0.6) is 0 Å². The number of carbonyl (C=O) groups excluding carboxylic acids is 2. The summed E-state index contributed by atoms with van der Waals surface area (Å²) < 4.78 is 27.7. The van der Waals surface area contributed by atoms with Crippen molar-refractivity contribution < 1.29 is 18.4 Å². The second kappa shape index (κ2) is 9.51. The summed E-state index contributed by atoms with van der Waals surface area (Å²) in [4.78, 5) is 32.3. The van der Waals surface area contributed by atoms with E-state index < -0.39 is 18.3 Å². The molecule has 0 bridgehead atoms. The van der Waals surface area contributed by atoms with Crippen molar-refractivity contribution in [1.82, 2.24) is 20.2 Å². The number of carbonyl (C=O) groups is 2. The third-order valence-electron chi connectivity index (χ3n) is 5.05. The molecule has 0 radical (unpaired) electrons. The maximum absolute atomic E-state index is 13.9. The summed E-state index contributed by atoms with van der Waals surface area (Å²) in [6, 6.07) is 7.43. The Bertz CT molecular complexity index is 955. The number of hydrogen-bond donors (Lipinski definition) is 2. The van der Waals surface area contributed by atoms with E-state index in [1.54, 1.807) is 12.4 Å². The third kappa shape index (κ3) is 5.03. The average molecular weight is 415 g/mol. The molecular formula is C21H23F2N5O2. The Kier molecular flexibility index (Phi) is 6.81. The molecule has 158 valence electrons. The Labute approximate surface area is 172 Å². The lowest BCUT2D eigenvalue weighted by Crippen LogP contribution is -2.49. The summed E-state index contributed by atoms with van der Waals surface area (Å²) in [6.45, 7) is 0.410. The van der Waals surface area contributed by atoms with Gasteiger partial charge >= 0.3 is 5.92 Å². The predicted molar refractivity (Wildman–Crippen MR) is 109 cm³/mol. The zero-order chi connectivity index (χ0) is 21.6. The number of aldehydes is 1. The molecule has 0 unspecified atom stereocenters. The number of piperidine rings is 1. The maximum Gasteiger partial charge on any atom is 0.325 e. The summed E-state index contributed by atoms with van der Waals surface area (Å²) in [5.74, 6) is -4.73. The first-order valence-electron chi connectivity index (χ1n) is 9.74. The Hall–Kier alpha value is -3.23. The van der Waals surface area contributed by atoms with E-state index in [1.165, 1.54) is 6.21 Å². The van der Waals surface area contributed by atoms with Gasteiger partial charge in [0.05, 0.1) is 22.9 Å². The molecule has 1 aliphatic rings. The maximum atomic E-state index is 13.9. The number of aromatic nitrogens is 2. The molecular weight excluding hydrogens is 392 g/mol. The van der Waals surface area contributed by atoms with Crippen LogP contribution in [-0.4, -0.2) is 58.3 Å². The molecule has 0 saturated carbocycles. The molecule has 1 aromatic heterocycles. The molecule has 2 N–H and O–H groups in total. The number of allylic oxidation sites excluding steroid dienone is 1. The van der Waals surface area contributed by atoms with E-state index in [0.717, 1.165) is 15.9 Å². The summed E-state index contributed by atoms with van der Waals surface area (Å²) in [5, 5.41) is 10.9. The van der Waals surface area contributed by atoms with Gasteiger partial charge in [-0.15, -0.1) is 0 Å². The van der Waals surface area contributed by atoms with Crippen LogP contribution in [0, 0.1) is 5.41 Å².